The summed E-state index contributed by atoms with van der Waals surface area (Å²) in [4.78, 5) is 5.76. The number of anilines is 1. The van der Waals surface area contributed by atoms with Crippen LogP contribution >= 0.6 is 0 Å². The van der Waals surface area contributed by atoms with Crippen molar-refractivity contribution >= 4 is 16.7 Å². The zero-order chi connectivity index (χ0) is 18.6. The molecule has 2 aromatic heterocycles. The molecule has 27 heavy (non-hydrogen) atoms. The van der Waals surface area contributed by atoms with E-state index in [4.69, 9.17) is 4.74 Å². The Hall–Kier alpha value is -2.31. The van der Waals surface area contributed by atoms with Gasteiger partial charge in [-0.25, -0.2) is 0 Å². The number of aromatic nitrogens is 3. The van der Waals surface area contributed by atoms with E-state index >= 15 is 0 Å². The molecule has 0 aliphatic carbocycles. The summed E-state index contributed by atoms with van der Waals surface area (Å²) in [5.41, 5.74) is 5.05. The zero-order valence-electron chi connectivity index (χ0n) is 16.3. The van der Waals surface area contributed by atoms with Gasteiger partial charge in [0.2, 0.25) is 0 Å². The number of rotatable bonds is 7. The van der Waals surface area contributed by atoms with Gasteiger partial charge in [-0.3, -0.25) is 4.68 Å². The maximum Gasteiger partial charge on any atom is 0.131 e. The standard InChI is InChI=1S/C21H29N5O/c1-16-19(21(25(2)24-16)26-10-12-27-13-11-26)15-22-9-5-6-17-14-23-20-8-4-3-7-18(17)20/h3-4,7-8,14,22-23H,5-6,9-13,15H2,1-2H3. The molecule has 0 unspecified atom stereocenters. The quantitative estimate of drug-likeness (QED) is 0.631. The lowest BCUT2D eigenvalue weighted by Gasteiger charge is -2.29. The van der Waals surface area contributed by atoms with Gasteiger partial charge in [-0.1, -0.05) is 18.2 Å². The average Bonchev–Trinajstić information content (AvgIpc) is 3.22. The number of aryl methyl sites for hydroxylation is 3. The Morgan fingerprint density at radius 2 is 2.04 bits per heavy atom. The van der Waals surface area contributed by atoms with E-state index in [-0.39, 0.29) is 0 Å². The van der Waals surface area contributed by atoms with E-state index in [1.54, 1.807) is 0 Å². The summed E-state index contributed by atoms with van der Waals surface area (Å²) >= 11 is 0. The molecule has 1 fully saturated rings. The van der Waals surface area contributed by atoms with E-state index in [9.17, 15) is 0 Å². The van der Waals surface area contributed by atoms with Crippen molar-refractivity contribution < 1.29 is 4.74 Å². The van der Waals surface area contributed by atoms with Crippen molar-refractivity contribution in [1.29, 1.82) is 0 Å². The first-order chi connectivity index (χ1) is 13.2. The molecule has 1 aliphatic rings. The molecular weight excluding hydrogens is 338 g/mol. The molecule has 144 valence electrons. The monoisotopic (exact) mass is 367 g/mol. The minimum atomic E-state index is 0.793. The first kappa shape index (κ1) is 18.1. The number of morpholine rings is 1. The van der Waals surface area contributed by atoms with E-state index < -0.39 is 0 Å². The van der Waals surface area contributed by atoms with Gasteiger partial charge < -0.3 is 19.9 Å². The Labute approximate surface area is 160 Å². The lowest BCUT2D eigenvalue weighted by Crippen LogP contribution is -2.38. The Morgan fingerprint density at radius 1 is 1.22 bits per heavy atom. The third-order valence-corrected chi connectivity index (χ3v) is 5.40. The summed E-state index contributed by atoms with van der Waals surface area (Å²) in [6.45, 7) is 7.42. The first-order valence-electron chi connectivity index (χ1n) is 9.85. The second-order valence-corrected chi connectivity index (χ2v) is 7.25. The Kier molecular flexibility index (Phi) is 5.45. The minimum absolute atomic E-state index is 0.793. The van der Waals surface area contributed by atoms with Crippen molar-refractivity contribution in [3.05, 3.63) is 47.3 Å². The number of ether oxygens (including phenoxy) is 1. The average molecular weight is 367 g/mol. The van der Waals surface area contributed by atoms with E-state index in [0.29, 0.717) is 0 Å². The molecule has 1 aromatic carbocycles. The number of nitrogens with zero attached hydrogens (tertiary/aromatic N) is 3. The number of benzene rings is 1. The molecule has 2 N–H and O–H groups in total. The van der Waals surface area contributed by atoms with Crippen LogP contribution in [0, 0.1) is 6.92 Å². The molecule has 0 amide bonds. The highest BCUT2D eigenvalue weighted by molar-refractivity contribution is 5.82. The summed E-state index contributed by atoms with van der Waals surface area (Å²) in [7, 11) is 2.04. The van der Waals surface area contributed by atoms with Crippen LogP contribution in [0.2, 0.25) is 0 Å². The van der Waals surface area contributed by atoms with Crippen LogP contribution in [0.4, 0.5) is 5.82 Å². The minimum Gasteiger partial charge on any atom is -0.378 e. The van der Waals surface area contributed by atoms with Crippen LogP contribution < -0.4 is 10.2 Å². The molecule has 6 heteroatoms. The molecule has 0 radical (unpaired) electrons. The van der Waals surface area contributed by atoms with E-state index in [1.165, 1.54) is 27.8 Å². The molecule has 3 heterocycles. The van der Waals surface area contributed by atoms with Crippen LogP contribution in [0.25, 0.3) is 10.9 Å². The van der Waals surface area contributed by atoms with Gasteiger partial charge in [0.05, 0.1) is 18.9 Å². The Balaban J connectivity index is 1.33. The molecule has 6 nitrogen and oxygen atoms in total. The van der Waals surface area contributed by atoms with Gasteiger partial charge >= 0.3 is 0 Å². The van der Waals surface area contributed by atoms with Crippen LogP contribution in [0.1, 0.15) is 23.2 Å². The van der Waals surface area contributed by atoms with E-state index in [2.05, 4.69) is 57.7 Å². The fraction of sp³-hybridized carbons (Fsp3) is 0.476. The highest BCUT2D eigenvalue weighted by Crippen LogP contribution is 2.24. The van der Waals surface area contributed by atoms with Crippen molar-refractivity contribution in [2.24, 2.45) is 7.05 Å². The predicted molar refractivity (Wildman–Crippen MR) is 109 cm³/mol. The number of H-pyrrole nitrogens is 1. The van der Waals surface area contributed by atoms with E-state index in [1.807, 2.05) is 11.7 Å². The van der Waals surface area contributed by atoms with Crippen LogP contribution in [0.3, 0.4) is 0 Å². The number of fused-ring (bicyclic) bond motifs is 1. The predicted octanol–water partition coefficient (Wildman–Crippen LogP) is 2.77. The van der Waals surface area contributed by atoms with Crippen molar-refractivity contribution in [3.63, 3.8) is 0 Å². The summed E-state index contributed by atoms with van der Waals surface area (Å²) in [5.74, 6) is 1.24. The number of hydrogen-bond acceptors (Lipinski definition) is 4. The van der Waals surface area contributed by atoms with Crippen LogP contribution in [-0.4, -0.2) is 47.6 Å². The molecule has 0 bridgehead atoms. The van der Waals surface area contributed by atoms with Crippen LogP contribution in [-0.2, 0) is 24.8 Å². The lowest BCUT2D eigenvalue weighted by atomic mass is 10.1. The SMILES string of the molecule is Cc1nn(C)c(N2CCOCC2)c1CNCCCc1c[nH]c2ccccc12. The van der Waals surface area contributed by atoms with E-state index in [0.717, 1.165) is 57.9 Å². The van der Waals surface area contributed by atoms with Crippen LogP contribution in [0.5, 0.6) is 0 Å². The molecule has 0 spiro atoms. The smallest absolute Gasteiger partial charge is 0.131 e. The topological polar surface area (TPSA) is 58.1 Å². The third kappa shape index (κ3) is 3.87. The van der Waals surface area contributed by atoms with Crippen molar-refractivity contribution in [2.75, 3.05) is 37.7 Å². The van der Waals surface area contributed by atoms with Gasteiger partial charge in [0.25, 0.3) is 0 Å². The maximum absolute atomic E-state index is 5.50. The largest absolute Gasteiger partial charge is 0.378 e. The zero-order valence-corrected chi connectivity index (χ0v) is 16.3. The number of aromatic amines is 1. The highest BCUT2D eigenvalue weighted by Gasteiger charge is 2.20. The highest BCUT2D eigenvalue weighted by atomic mass is 16.5. The maximum atomic E-state index is 5.50. The molecule has 1 aliphatic heterocycles. The second-order valence-electron chi connectivity index (χ2n) is 7.25. The van der Waals surface area contributed by atoms with Gasteiger partial charge in [-0.15, -0.1) is 0 Å². The third-order valence-electron chi connectivity index (χ3n) is 5.40. The molecule has 1 saturated heterocycles. The van der Waals surface area contributed by atoms with Gasteiger partial charge in [-0.05, 0) is 37.9 Å². The Morgan fingerprint density at radius 3 is 2.89 bits per heavy atom. The second kappa shape index (κ2) is 8.15. The van der Waals surface area contributed by atoms with Crippen molar-refractivity contribution in [3.8, 4) is 0 Å². The van der Waals surface area contributed by atoms with Crippen LogP contribution in [0.15, 0.2) is 30.5 Å². The fourth-order valence-electron chi connectivity index (χ4n) is 4.02. The first-order valence-corrected chi connectivity index (χ1v) is 9.85. The Bertz CT molecular complexity index is 891. The van der Waals surface area contributed by atoms with Gasteiger partial charge in [0.15, 0.2) is 0 Å². The van der Waals surface area contributed by atoms with Gasteiger partial charge in [0.1, 0.15) is 5.82 Å². The van der Waals surface area contributed by atoms with Crippen molar-refractivity contribution in [2.45, 2.75) is 26.3 Å². The van der Waals surface area contributed by atoms with Crippen molar-refractivity contribution in [1.82, 2.24) is 20.1 Å². The summed E-state index contributed by atoms with van der Waals surface area (Å²) < 4.78 is 7.51. The summed E-state index contributed by atoms with van der Waals surface area (Å²) in [5, 5.41) is 9.62. The fourth-order valence-corrected chi connectivity index (χ4v) is 4.02. The van der Waals surface area contributed by atoms with Gasteiger partial charge in [-0.2, -0.15) is 5.10 Å². The molecule has 0 saturated carbocycles. The number of para-hydroxylation sites is 1. The summed E-state index contributed by atoms with van der Waals surface area (Å²) in [6, 6.07) is 8.51. The normalized spacial score (nSPS) is 15.0. The molecule has 3 aromatic rings. The number of hydrogen-bond donors (Lipinski definition) is 2. The van der Waals surface area contributed by atoms with Gasteiger partial charge in [0, 0.05) is 49.3 Å². The molecule has 0 atom stereocenters. The summed E-state index contributed by atoms with van der Waals surface area (Å²) in [6.07, 6.45) is 4.35. The number of nitrogens with one attached hydrogen (secondary N) is 2. The molecular formula is C21H29N5O. The molecule has 4 rings (SSSR count). The lowest BCUT2D eigenvalue weighted by molar-refractivity contribution is 0.122.